The molecule has 4 fully saturated rings. The molecule has 0 saturated heterocycles. The highest BCUT2D eigenvalue weighted by Gasteiger charge is 2.27. The highest BCUT2D eigenvalue weighted by atomic mass is 14.8. The van der Waals surface area contributed by atoms with Gasteiger partial charge in [-0.15, -0.1) is 0 Å². The molecule has 0 unspecified atom stereocenters. The first-order valence-electron chi connectivity index (χ1n) is 20.8. The van der Waals surface area contributed by atoms with Crippen molar-refractivity contribution in [1.82, 2.24) is 4.98 Å². The van der Waals surface area contributed by atoms with Gasteiger partial charge in [0.1, 0.15) is 0 Å². The molecule has 4 saturated carbocycles. The van der Waals surface area contributed by atoms with E-state index in [2.05, 4.69) is 70.2 Å². The van der Waals surface area contributed by atoms with Crippen LogP contribution in [0.4, 0.5) is 11.4 Å². The van der Waals surface area contributed by atoms with E-state index in [1.807, 2.05) is 0 Å². The maximum Gasteiger partial charge on any atom is 0.0849 e. The van der Waals surface area contributed by atoms with E-state index in [1.165, 1.54) is 173 Å². The highest BCUT2D eigenvalue weighted by molar-refractivity contribution is 6.02. The summed E-state index contributed by atoms with van der Waals surface area (Å²) < 4.78 is 0. The Labute approximate surface area is 303 Å². The first-order chi connectivity index (χ1) is 24.4. The van der Waals surface area contributed by atoms with E-state index in [1.54, 1.807) is 0 Å². The summed E-state index contributed by atoms with van der Waals surface area (Å²) in [6, 6.07) is 16.4. The summed E-state index contributed by atoms with van der Waals surface area (Å²) in [7, 11) is 0. The molecule has 0 aliphatic heterocycles. The highest BCUT2D eigenvalue weighted by Crippen LogP contribution is 2.47. The van der Waals surface area contributed by atoms with Crippen LogP contribution < -0.4 is 0 Å². The van der Waals surface area contributed by atoms with Crippen LogP contribution in [-0.2, 0) is 0 Å². The molecular formula is C47H63N3. The number of pyridine rings is 1. The van der Waals surface area contributed by atoms with Gasteiger partial charge in [-0.3, -0.25) is 9.98 Å². The molecule has 0 N–H and O–H groups in total. The lowest BCUT2D eigenvalue weighted by molar-refractivity contribution is 0.436. The third-order valence-electron chi connectivity index (χ3n) is 12.9. The van der Waals surface area contributed by atoms with Crippen molar-refractivity contribution in [1.29, 1.82) is 0 Å². The predicted octanol–water partition coefficient (Wildman–Crippen LogP) is 14.2. The second-order valence-electron chi connectivity index (χ2n) is 16.7. The predicted molar refractivity (Wildman–Crippen MR) is 214 cm³/mol. The molecule has 7 rings (SSSR count). The Balaban J connectivity index is 1.27. The maximum absolute atomic E-state index is 5.58. The Morgan fingerprint density at radius 1 is 0.460 bits per heavy atom. The second kappa shape index (κ2) is 16.5. The molecule has 50 heavy (non-hydrogen) atoms. The molecule has 1 heterocycles. The summed E-state index contributed by atoms with van der Waals surface area (Å²) in [6.07, 6.45) is 26.6. The standard InChI is InChI=1S/C47H63N3/c1-32-28-40(36-18-9-5-10-19-36)46(41(29-32)37-20-11-6-12-21-37)48-34(3)44-26-17-27-45(50-44)35(4)49-47-42(38-22-13-7-14-23-38)30-33(2)31-43(47)39-24-15-8-16-25-39/h17,26-31,36-39H,5-16,18-25H2,1-4H3. The van der Waals surface area contributed by atoms with Crippen molar-refractivity contribution in [2.75, 3.05) is 0 Å². The molecule has 266 valence electrons. The summed E-state index contributed by atoms with van der Waals surface area (Å²) in [5, 5.41) is 0. The van der Waals surface area contributed by atoms with E-state index in [0.717, 1.165) is 22.8 Å². The van der Waals surface area contributed by atoms with Gasteiger partial charge in [-0.2, -0.15) is 0 Å². The third kappa shape index (κ3) is 8.18. The van der Waals surface area contributed by atoms with Crippen LogP contribution in [0.2, 0.25) is 0 Å². The van der Waals surface area contributed by atoms with Crippen LogP contribution in [-0.4, -0.2) is 16.4 Å². The van der Waals surface area contributed by atoms with Crippen molar-refractivity contribution < 1.29 is 0 Å². The van der Waals surface area contributed by atoms with E-state index in [0.29, 0.717) is 23.7 Å². The smallest absolute Gasteiger partial charge is 0.0849 e. The Morgan fingerprint density at radius 3 is 1.02 bits per heavy atom. The summed E-state index contributed by atoms with van der Waals surface area (Å²) in [5.41, 5.74) is 15.4. The fraction of sp³-hybridized carbons (Fsp3) is 0.596. The van der Waals surface area contributed by atoms with Crippen LogP contribution in [0.15, 0.2) is 52.4 Å². The van der Waals surface area contributed by atoms with E-state index in [4.69, 9.17) is 15.0 Å². The van der Waals surface area contributed by atoms with Gasteiger partial charge in [0.25, 0.3) is 0 Å². The average molecular weight is 670 g/mol. The summed E-state index contributed by atoms with van der Waals surface area (Å²) >= 11 is 0. The Kier molecular flexibility index (Phi) is 11.7. The number of aliphatic imine (C=N–C) groups is 2. The van der Waals surface area contributed by atoms with Gasteiger partial charge in [0.15, 0.2) is 0 Å². The largest absolute Gasteiger partial charge is 0.251 e. The summed E-state index contributed by atoms with van der Waals surface area (Å²) in [6.45, 7) is 8.99. The van der Waals surface area contributed by atoms with Crippen molar-refractivity contribution in [3.05, 3.63) is 87.2 Å². The molecule has 2 aromatic carbocycles. The average Bonchev–Trinajstić information content (AvgIpc) is 3.17. The van der Waals surface area contributed by atoms with Crippen LogP contribution in [0, 0.1) is 13.8 Å². The SMILES string of the molecule is CC(=Nc1c(C2CCCCC2)cc(C)cc1C1CCCCC1)c1cccc(C(C)=Nc2c(C3CCCCC3)cc(C)cc2C2CCCCC2)n1. The Morgan fingerprint density at radius 2 is 0.740 bits per heavy atom. The molecule has 1 aromatic heterocycles. The zero-order valence-electron chi connectivity index (χ0n) is 31.8. The van der Waals surface area contributed by atoms with Crippen molar-refractivity contribution in [3.8, 4) is 0 Å². The van der Waals surface area contributed by atoms with Gasteiger partial charge in [-0.05, 0) is 137 Å². The lowest BCUT2D eigenvalue weighted by Gasteiger charge is -2.29. The van der Waals surface area contributed by atoms with Gasteiger partial charge >= 0.3 is 0 Å². The van der Waals surface area contributed by atoms with Gasteiger partial charge in [0.2, 0.25) is 0 Å². The van der Waals surface area contributed by atoms with Crippen molar-refractivity contribution in [3.63, 3.8) is 0 Å². The number of aryl methyl sites for hydroxylation is 2. The number of aromatic nitrogens is 1. The fourth-order valence-electron chi connectivity index (χ4n) is 10.1. The molecule has 4 aliphatic carbocycles. The van der Waals surface area contributed by atoms with Gasteiger partial charge in [0.05, 0.1) is 34.2 Å². The van der Waals surface area contributed by atoms with Gasteiger partial charge in [-0.1, -0.05) is 119 Å². The minimum absolute atomic E-state index is 0.623. The molecule has 3 aromatic rings. The lowest BCUT2D eigenvalue weighted by atomic mass is 9.78. The second-order valence-corrected chi connectivity index (χ2v) is 16.7. The molecule has 0 bridgehead atoms. The number of benzene rings is 2. The zero-order chi connectivity index (χ0) is 34.5. The van der Waals surface area contributed by atoms with Crippen molar-refractivity contribution in [2.45, 2.75) is 180 Å². The normalized spacial score (nSPS) is 21.1. The first-order valence-corrected chi connectivity index (χ1v) is 20.8. The third-order valence-corrected chi connectivity index (χ3v) is 12.9. The van der Waals surface area contributed by atoms with Gasteiger partial charge in [-0.25, -0.2) is 4.98 Å². The zero-order valence-corrected chi connectivity index (χ0v) is 31.8. The fourth-order valence-corrected chi connectivity index (χ4v) is 10.1. The summed E-state index contributed by atoms with van der Waals surface area (Å²) in [5.74, 6) is 2.49. The van der Waals surface area contributed by atoms with Crippen LogP contribution in [0.1, 0.15) is 211 Å². The molecule has 3 nitrogen and oxygen atoms in total. The van der Waals surface area contributed by atoms with Crippen LogP contribution in [0.5, 0.6) is 0 Å². The number of rotatable bonds is 8. The minimum Gasteiger partial charge on any atom is -0.251 e. The number of nitrogens with zero attached hydrogens (tertiary/aromatic N) is 3. The lowest BCUT2D eigenvalue weighted by Crippen LogP contribution is -2.11. The molecule has 3 heteroatoms. The minimum atomic E-state index is 0.623. The van der Waals surface area contributed by atoms with Crippen molar-refractivity contribution >= 4 is 22.8 Å². The van der Waals surface area contributed by atoms with Crippen molar-refractivity contribution in [2.24, 2.45) is 9.98 Å². The molecule has 4 aliphatic rings. The number of hydrogen-bond acceptors (Lipinski definition) is 3. The Hall–Kier alpha value is -3.07. The van der Waals surface area contributed by atoms with Crippen LogP contribution >= 0.6 is 0 Å². The van der Waals surface area contributed by atoms with E-state index in [9.17, 15) is 0 Å². The topological polar surface area (TPSA) is 37.6 Å². The van der Waals surface area contributed by atoms with E-state index >= 15 is 0 Å². The molecular weight excluding hydrogens is 607 g/mol. The van der Waals surface area contributed by atoms with E-state index < -0.39 is 0 Å². The molecule has 0 amide bonds. The quantitative estimate of drug-likeness (QED) is 0.220. The molecule has 0 spiro atoms. The number of hydrogen-bond donors (Lipinski definition) is 0. The Bertz CT molecular complexity index is 1470. The maximum atomic E-state index is 5.58. The molecule has 0 radical (unpaired) electrons. The van der Waals surface area contributed by atoms with Gasteiger partial charge < -0.3 is 0 Å². The summed E-state index contributed by atoms with van der Waals surface area (Å²) in [4.78, 5) is 16.5. The van der Waals surface area contributed by atoms with Gasteiger partial charge in [0, 0.05) is 0 Å². The van der Waals surface area contributed by atoms with E-state index in [-0.39, 0.29) is 0 Å². The first kappa shape index (κ1) is 35.3. The van der Waals surface area contributed by atoms with Crippen LogP contribution in [0.25, 0.3) is 0 Å². The molecule has 0 atom stereocenters. The van der Waals surface area contributed by atoms with Crippen LogP contribution in [0.3, 0.4) is 0 Å². The monoisotopic (exact) mass is 670 g/mol.